The Morgan fingerprint density at radius 3 is 2.76 bits per heavy atom. The van der Waals surface area contributed by atoms with Crippen LogP contribution in [0.5, 0.6) is 0 Å². The minimum Gasteiger partial charge on any atom is -0.363 e. The summed E-state index contributed by atoms with van der Waals surface area (Å²) in [5.41, 5.74) is 0.980. The Kier molecular flexibility index (Phi) is 5.22. The Morgan fingerprint density at radius 2 is 2.04 bits per heavy atom. The predicted molar refractivity (Wildman–Crippen MR) is 90.4 cm³/mol. The molecule has 0 radical (unpaired) electrons. The number of rotatable bonds is 6. The van der Waals surface area contributed by atoms with Crippen LogP contribution >= 0.6 is 11.6 Å². The maximum Gasteiger partial charge on any atom is 0.253 e. The van der Waals surface area contributed by atoms with E-state index in [0.29, 0.717) is 23.8 Å². The second-order valence-corrected chi connectivity index (χ2v) is 5.39. The van der Waals surface area contributed by atoms with Crippen LogP contribution in [0.15, 0.2) is 42.6 Å². The molecule has 0 aliphatic heterocycles. The maximum atomic E-state index is 13.0. The van der Waals surface area contributed by atoms with Crippen LogP contribution in [0.1, 0.15) is 18.9 Å². The molecular weight excluding hydrogens is 349 g/mol. The lowest BCUT2D eigenvalue weighted by Gasteiger charge is -2.08. The third-order valence-electron chi connectivity index (χ3n) is 3.19. The van der Waals surface area contributed by atoms with Crippen LogP contribution in [0.3, 0.4) is 0 Å². The van der Waals surface area contributed by atoms with Crippen molar-refractivity contribution < 1.29 is 14.2 Å². The first-order valence-electron chi connectivity index (χ1n) is 7.48. The summed E-state index contributed by atoms with van der Waals surface area (Å²) in [5.74, 6) is 0.306. The number of benzene rings is 1. The van der Waals surface area contributed by atoms with Gasteiger partial charge in [0.15, 0.2) is 6.29 Å². The van der Waals surface area contributed by atoms with Gasteiger partial charge in [-0.15, -0.1) is 0 Å². The first-order chi connectivity index (χ1) is 12.0. The SMILES string of the molecule is CCOC(O)c1ccn(-c2nc(Cl)cc(Nc3ccc(F)cc3)n2)n1. The van der Waals surface area contributed by atoms with Crippen LogP contribution in [0.4, 0.5) is 15.9 Å². The van der Waals surface area contributed by atoms with Gasteiger partial charge in [0.1, 0.15) is 22.5 Å². The Bertz CT molecular complexity index is 856. The summed E-state index contributed by atoms with van der Waals surface area (Å²) in [4.78, 5) is 8.43. The van der Waals surface area contributed by atoms with Crippen molar-refractivity contribution in [2.45, 2.75) is 13.2 Å². The van der Waals surface area contributed by atoms with E-state index in [-0.39, 0.29) is 16.9 Å². The molecule has 0 saturated carbocycles. The average Bonchev–Trinajstić information content (AvgIpc) is 3.07. The zero-order valence-electron chi connectivity index (χ0n) is 13.2. The fourth-order valence-corrected chi connectivity index (χ4v) is 2.26. The highest BCUT2D eigenvalue weighted by atomic mass is 35.5. The maximum absolute atomic E-state index is 13.0. The molecule has 9 heteroatoms. The normalized spacial score (nSPS) is 12.2. The molecule has 130 valence electrons. The number of nitrogens with zero attached hydrogens (tertiary/aromatic N) is 4. The largest absolute Gasteiger partial charge is 0.363 e. The molecule has 0 aliphatic rings. The van der Waals surface area contributed by atoms with E-state index in [9.17, 15) is 9.50 Å². The van der Waals surface area contributed by atoms with E-state index >= 15 is 0 Å². The molecule has 0 aliphatic carbocycles. The average molecular weight is 364 g/mol. The first kappa shape index (κ1) is 17.3. The molecule has 0 bridgehead atoms. The molecule has 2 aromatic heterocycles. The number of anilines is 2. The van der Waals surface area contributed by atoms with Gasteiger partial charge in [-0.2, -0.15) is 15.1 Å². The molecule has 3 aromatic rings. The molecule has 1 atom stereocenters. The third-order valence-corrected chi connectivity index (χ3v) is 3.39. The molecule has 0 saturated heterocycles. The van der Waals surface area contributed by atoms with Crippen molar-refractivity contribution >= 4 is 23.1 Å². The fourth-order valence-electron chi connectivity index (χ4n) is 2.08. The van der Waals surface area contributed by atoms with Gasteiger partial charge in [0.25, 0.3) is 5.95 Å². The summed E-state index contributed by atoms with van der Waals surface area (Å²) in [7, 11) is 0. The molecular formula is C16H15ClFN5O2. The van der Waals surface area contributed by atoms with Crippen LogP contribution in [0.25, 0.3) is 5.95 Å². The van der Waals surface area contributed by atoms with Crippen LogP contribution in [-0.2, 0) is 4.74 Å². The summed E-state index contributed by atoms with van der Waals surface area (Å²) in [6, 6.07) is 8.96. The number of hydrogen-bond donors (Lipinski definition) is 2. The lowest BCUT2D eigenvalue weighted by atomic mass is 10.3. The van der Waals surface area contributed by atoms with E-state index in [1.54, 1.807) is 31.3 Å². The topological polar surface area (TPSA) is 85.1 Å². The molecule has 2 heterocycles. The molecule has 1 aromatic carbocycles. The van der Waals surface area contributed by atoms with E-state index in [0.717, 1.165) is 0 Å². The van der Waals surface area contributed by atoms with Crippen molar-refractivity contribution in [1.82, 2.24) is 19.7 Å². The fraction of sp³-hybridized carbons (Fsp3) is 0.188. The first-order valence-corrected chi connectivity index (χ1v) is 7.85. The summed E-state index contributed by atoms with van der Waals surface area (Å²) >= 11 is 6.04. The van der Waals surface area contributed by atoms with Crippen LogP contribution in [0, 0.1) is 5.82 Å². The van der Waals surface area contributed by atoms with Crippen molar-refractivity contribution in [1.29, 1.82) is 0 Å². The number of aromatic nitrogens is 4. The highest BCUT2D eigenvalue weighted by Gasteiger charge is 2.13. The highest BCUT2D eigenvalue weighted by Crippen LogP contribution is 2.20. The standard InChI is InChI=1S/C16H15ClFN5O2/c1-2-25-15(24)12-7-8-23(22-12)16-20-13(17)9-14(21-16)19-11-5-3-10(18)4-6-11/h3-9,15,24H,2H2,1H3,(H,19,20,21). The summed E-state index contributed by atoms with van der Waals surface area (Å²) in [6.07, 6.45) is 0.465. The van der Waals surface area contributed by atoms with Gasteiger partial charge in [0, 0.05) is 24.6 Å². The van der Waals surface area contributed by atoms with Gasteiger partial charge >= 0.3 is 0 Å². The molecule has 1 unspecified atom stereocenters. The lowest BCUT2D eigenvalue weighted by Crippen LogP contribution is -2.08. The minimum atomic E-state index is -1.12. The Balaban J connectivity index is 1.85. The van der Waals surface area contributed by atoms with Gasteiger partial charge in [-0.25, -0.2) is 9.07 Å². The van der Waals surface area contributed by atoms with Crippen molar-refractivity contribution in [2.75, 3.05) is 11.9 Å². The smallest absolute Gasteiger partial charge is 0.253 e. The molecule has 25 heavy (non-hydrogen) atoms. The zero-order valence-corrected chi connectivity index (χ0v) is 14.0. The van der Waals surface area contributed by atoms with E-state index in [1.165, 1.54) is 22.9 Å². The highest BCUT2D eigenvalue weighted by molar-refractivity contribution is 6.29. The molecule has 7 nitrogen and oxygen atoms in total. The molecule has 3 rings (SSSR count). The van der Waals surface area contributed by atoms with E-state index < -0.39 is 6.29 Å². The van der Waals surface area contributed by atoms with Crippen molar-refractivity contribution in [3.05, 3.63) is 59.3 Å². The second-order valence-electron chi connectivity index (χ2n) is 5.00. The van der Waals surface area contributed by atoms with Crippen LogP contribution in [0.2, 0.25) is 5.15 Å². The predicted octanol–water partition coefficient (Wildman–Crippen LogP) is 3.23. The summed E-state index contributed by atoms with van der Waals surface area (Å²) in [6.45, 7) is 2.13. The van der Waals surface area contributed by atoms with Gasteiger partial charge < -0.3 is 15.2 Å². The monoisotopic (exact) mass is 363 g/mol. The van der Waals surface area contributed by atoms with Crippen molar-refractivity contribution in [3.63, 3.8) is 0 Å². The summed E-state index contributed by atoms with van der Waals surface area (Å²) < 4.78 is 19.4. The van der Waals surface area contributed by atoms with Crippen molar-refractivity contribution in [2.24, 2.45) is 0 Å². The quantitative estimate of drug-likeness (QED) is 0.516. The van der Waals surface area contributed by atoms with Gasteiger partial charge in [-0.3, -0.25) is 0 Å². The molecule has 0 spiro atoms. The number of nitrogens with one attached hydrogen (secondary N) is 1. The third kappa shape index (κ3) is 4.30. The zero-order chi connectivity index (χ0) is 17.8. The summed E-state index contributed by atoms with van der Waals surface area (Å²) in [5, 5.41) is 17.2. The number of hydrogen-bond acceptors (Lipinski definition) is 6. The Labute approximate surface area is 148 Å². The van der Waals surface area contributed by atoms with Gasteiger partial charge in [0.2, 0.25) is 0 Å². The van der Waals surface area contributed by atoms with Gasteiger partial charge in [0.05, 0.1) is 0 Å². The Morgan fingerprint density at radius 1 is 1.28 bits per heavy atom. The number of ether oxygens (including phenoxy) is 1. The molecule has 0 amide bonds. The number of aliphatic hydroxyl groups is 1. The van der Waals surface area contributed by atoms with E-state index in [1.807, 2.05) is 0 Å². The van der Waals surface area contributed by atoms with E-state index in [2.05, 4.69) is 20.4 Å². The molecule has 2 N–H and O–H groups in total. The van der Waals surface area contributed by atoms with Crippen LogP contribution in [-0.4, -0.2) is 31.5 Å². The lowest BCUT2D eigenvalue weighted by molar-refractivity contribution is -0.101. The van der Waals surface area contributed by atoms with Gasteiger partial charge in [-0.05, 0) is 37.3 Å². The van der Waals surface area contributed by atoms with Crippen LogP contribution < -0.4 is 5.32 Å². The van der Waals surface area contributed by atoms with Crippen molar-refractivity contribution in [3.8, 4) is 5.95 Å². The van der Waals surface area contributed by atoms with Gasteiger partial charge in [-0.1, -0.05) is 11.6 Å². The molecule has 0 fully saturated rings. The minimum absolute atomic E-state index is 0.206. The number of aliphatic hydroxyl groups excluding tert-OH is 1. The van der Waals surface area contributed by atoms with E-state index in [4.69, 9.17) is 16.3 Å². The second kappa shape index (κ2) is 7.56. The number of halogens is 2. The Hall–Kier alpha value is -2.55.